The van der Waals surface area contributed by atoms with Gasteiger partial charge >= 0.3 is 0 Å². The zero-order valence-corrected chi connectivity index (χ0v) is 12.3. The zero-order valence-electron chi connectivity index (χ0n) is 12.3. The summed E-state index contributed by atoms with van der Waals surface area (Å²) < 4.78 is 0. The van der Waals surface area contributed by atoms with Crippen LogP contribution in [0.15, 0.2) is 24.3 Å². The van der Waals surface area contributed by atoms with E-state index in [9.17, 15) is 9.59 Å². The van der Waals surface area contributed by atoms with Gasteiger partial charge in [-0.25, -0.2) is 0 Å². The summed E-state index contributed by atoms with van der Waals surface area (Å²) in [6.45, 7) is 6.89. The molecular weight excluding hydrogens is 252 g/mol. The van der Waals surface area contributed by atoms with Gasteiger partial charge in [-0.1, -0.05) is 19.9 Å². The number of anilines is 1. The third kappa shape index (κ3) is 3.18. The normalized spacial score (nSPS) is 16.6. The molecular formula is C16H22N2O2. The van der Waals surface area contributed by atoms with Crippen LogP contribution < -0.4 is 10.2 Å². The van der Waals surface area contributed by atoms with Gasteiger partial charge in [0.05, 0.1) is 0 Å². The fourth-order valence-electron chi connectivity index (χ4n) is 2.19. The van der Waals surface area contributed by atoms with Gasteiger partial charge in [0.2, 0.25) is 5.91 Å². The highest BCUT2D eigenvalue weighted by atomic mass is 16.2. The number of nitrogens with zero attached hydrogens (tertiary/aromatic N) is 1. The predicted molar refractivity (Wildman–Crippen MR) is 79.8 cm³/mol. The highest BCUT2D eigenvalue weighted by Crippen LogP contribution is 2.22. The molecule has 0 spiro atoms. The molecule has 0 saturated carbocycles. The SMILES string of the molecule is CC(C)[C@@H](C)NC(=O)c1cccc(N2CCCC2=O)c1. The number of amides is 2. The minimum Gasteiger partial charge on any atom is -0.349 e. The molecule has 1 fully saturated rings. The van der Waals surface area contributed by atoms with Crippen LogP contribution in [-0.4, -0.2) is 24.4 Å². The van der Waals surface area contributed by atoms with E-state index in [1.54, 1.807) is 17.0 Å². The predicted octanol–water partition coefficient (Wildman–Crippen LogP) is 2.59. The molecule has 0 bridgehead atoms. The third-order valence-corrected chi connectivity index (χ3v) is 3.85. The minimum absolute atomic E-state index is 0.0836. The Morgan fingerprint density at radius 3 is 2.65 bits per heavy atom. The largest absolute Gasteiger partial charge is 0.349 e. The van der Waals surface area contributed by atoms with Crippen molar-refractivity contribution < 1.29 is 9.59 Å². The number of carbonyl (C=O) groups excluding carboxylic acids is 2. The molecule has 108 valence electrons. The molecule has 4 heteroatoms. The molecule has 1 aliphatic rings. The summed E-state index contributed by atoms with van der Waals surface area (Å²) in [7, 11) is 0. The second-order valence-electron chi connectivity index (χ2n) is 5.71. The van der Waals surface area contributed by atoms with E-state index in [-0.39, 0.29) is 17.9 Å². The smallest absolute Gasteiger partial charge is 0.251 e. The topological polar surface area (TPSA) is 49.4 Å². The van der Waals surface area contributed by atoms with Crippen LogP contribution in [-0.2, 0) is 4.79 Å². The molecule has 20 heavy (non-hydrogen) atoms. The summed E-state index contributed by atoms with van der Waals surface area (Å²) in [6, 6.07) is 7.42. The Morgan fingerprint density at radius 2 is 2.05 bits per heavy atom. The molecule has 1 atom stereocenters. The van der Waals surface area contributed by atoms with Crippen molar-refractivity contribution in [3.05, 3.63) is 29.8 Å². The summed E-state index contributed by atoms with van der Waals surface area (Å²) in [5.74, 6) is 0.445. The molecule has 1 aliphatic heterocycles. The van der Waals surface area contributed by atoms with Crippen LogP contribution in [0.4, 0.5) is 5.69 Å². The van der Waals surface area contributed by atoms with Gasteiger partial charge < -0.3 is 10.2 Å². The quantitative estimate of drug-likeness (QED) is 0.917. The van der Waals surface area contributed by atoms with Gasteiger partial charge in [0, 0.05) is 30.3 Å². The van der Waals surface area contributed by atoms with Gasteiger partial charge in [0.15, 0.2) is 0 Å². The molecule has 0 radical (unpaired) electrons. The molecule has 0 aromatic heterocycles. The first-order valence-electron chi connectivity index (χ1n) is 7.20. The Morgan fingerprint density at radius 1 is 1.30 bits per heavy atom. The Kier molecular flexibility index (Phi) is 4.42. The van der Waals surface area contributed by atoms with E-state index in [1.165, 1.54) is 0 Å². The van der Waals surface area contributed by atoms with Crippen molar-refractivity contribution in [1.29, 1.82) is 0 Å². The Bertz CT molecular complexity index is 511. The monoisotopic (exact) mass is 274 g/mol. The average Bonchev–Trinajstić information content (AvgIpc) is 2.85. The Hall–Kier alpha value is -1.84. The van der Waals surface area contributed by atoms with Crippen LogP contribution in [0.5, 0.6) is 0 Å². The van der Waals surface area contributed by atoms with Crippen LogP contribution in [0, 0.1) is 5.92 Å². The number of nitrogens with one attached hydrogen (secondary N) is 1. The number of rotatable bonds is 4. The van der Waals surface area contributed by atoms with Crippen molar-refractivity contribution in [2.24, 2.45) is 5.92 Å². The molecule has 1 N–H and O–H groups in total. The Balaban J connectivity index is 2.13. The van der Waals surface area contributed by atoms with Crippen molar-refractivity contribution in [1.82, 2.24) is 5.32 Å². The van der Waals surface area contributed by atoms with E-state index >= 15 is 0 Å². The molecule has 1 heterocycles. The van der Waals surface area contributed by atoms with Crippen molar-refractivity contribution >= 4 is 17.5 Å². The van der Waals surface area contributed by atoms with E-state index in [4.69, 9.17) is 0 Å². The second kappa shape index (κ2) is 6.07. The van der Waals surface area contributed by atoms with Crippen molar-refractivity contribution in [2.75, 3.05) is 11.4 Å². The number of hydrogen-bond acceptors (Lipinski definition) is 2. The van der Waals surface area contributed by atoms with Gasteiger partial charge in [-0.3, -0.25) is 9.59 Å². The van der Waals surface area contributed by atoms with E-state index in [2.05, 4.69) is 19.2 Å². The number of benzene rings is 1. The zero-order chi connectivity index (χ0) is 14.7. The maximum absolute atomic E-state index is 12.2. The van der Waals surface area contributed by atoms with Crippen LogP contribution in [0.1, 0.15) is 44.0 Å². The summed E-state index contributed by atoms with van der Waals surface area (Å²) >= 11 is 0. The fourth-order valence-corrected chi connectivity index (χ4v) is 2.19. The van der Waals surface area contributed by atoms with E-state index in [0.717, 1.165) is 18.7 Å². The van der Waals surface area contributed by atoms with Gasteiger partial charge in [-0.05, 0) is 37.5 Å². The maximum Gasteiger partial charge on any atom is 0.251 e. The molecule has 4 nitrogen and oxygen atoms in total. The lowest BCUT2D eigenvalue weighted by Gasteiger charge is -2.19. The van der Waals surface area contributed by atoms with Crippen LogP contribution in [0.3, 0.4) is 0 Å². The van der Waals surface area contributed by atoms with E-state index in [1.807, 2.05) is 19.1 Å². The average molecular weight is 274 g/mol. The standard InChI is InChI=1S/C16H22N2O2/c1-11(2)12(3)17-16(20)13-6-4-7-14(10-13)18-9-5-8-15(18)19/h4,6-7,10-12H,5,8-9H2,1-3H3,(H,17,20)/t12-/m1/s1. The van der Waals surface area contributed by atoms with Crippen molar-refractivity contribution in [2.45, 2.75) is 39.7 Å². The minimum atomic E-state index is -0.0836. The fraction of sp³-hybridized carbons (Fsp3) is 0.500. The molecule has 2 amide bonds. The van der Waals surface area contributed by atoms with Gasteiger partial charge in [-0.2, -0.15) is 0 Å². The van der Waals surface area contributed by atoms with Crippen LogP contribution >= 0.6 is 0 Å². The van der Waals surface area contributed by atoms with E-state index < -0.39 is 0 Å². The van der Waals surface area contributed by atoms with Crippen molar-refractivity contribution in [3.8, 4) is 0 Å². The van der Waals surface area contributed by atoms with Crippen molar-refractivity contribution in [3.63, 3.8) is 0 Å². The lowest BCUT2D eigenvalue weighted by molar-refractivity contribution is -0.117. The molecule has 0 unspecified atom stereocenters. The van der Waals surface area contributed by atoms with Gasteiger partial charge in [0.25, 0.3) is 5.91 Å². The number of carbonyl (C=O) groups is 2. The highest BCUT2D eigenvalue weighted by molar-refractivity contribution is 5.99. The highest BCUT2D eigenvalue weighted by Gasteiger charge is 2.22. The first kappa shape index (κ1) is 14.6. The van der Waals surface area contributed by atoms with Crippen LogP contribution in [0.25, 0.3) is 0 Å². The third-order valence-electron chi connectivity index (χ3n) is 3.85. The summed E-state index contributed by atoms with van der Waals surface area (Å²) in [5, 5.41) is 2.98. The number of hydrogen-bond donors (Lipinski definition) is 1. The molecule has 2 rings (SSSR count). The van der Waals surface area contributed by atoms with Gasteiger partial charge in [0.1, 0.15) is 0 Å². The first-order valence-corrected chi connectivity index (χ1v) is 7.20. The summed E-state index contributed by atoms with van der Waals surface area (Å²) in [5.41, 5.74) is 1.42. The van der Waals surface area contributed by atoms with E-state index in [0.29, 0.717) is 17.9 Å². The summed E-state index contributed by atoms with van der Waals surface area (Å²) in [6.07, 6.45) is 1.49. The Labute approximate surface area is 120 Å². The molecule has 1 aromatic carbocycles. The summed E-state index contributed by atoms with van der Waals surface area (Å²) in [4.78, 5) is 25.7. The molecule has 1 aromatic rings. The second-order valence-corrected chi connectivity index (χ2v) is 5.71. The maximum atomic E-state index is 12.2. The first-order chi connectivity index (χ1) is 9.49. The molecule has 1 saturated heterocycles. The van der Waals surface area contributed by atoms with Gasteiger partial charge in [-0.15, -0.1) is 0 Å². The lowest BCUT2D eigenvalue weighted by Crippen LogP contribution is -2.36. The van der Waals surface area contributed by atoms with Crippen LogP contribution in [0.2, 0.25) is 0 Å². The molecule has 0 aliphatic carbocycles. The lowest BCUT2D eigenvalue weighted by atomic mass is 10.1.